The lowest BCUT2D eigenvalue weighted by molar-refractivity contribution is 0.120. The van der Waals surface area contributed by atoms with Crippen molar-refractivity contribution in [2.45, 2.75) is 31.8 Å². The first-order valence-corrected chi connectivity index (χ1v) is 8.27. The van der Waals surface area contributed by atoms with Gasteiger partial charge in [0.15, 0.2) is 0 Å². The van der Waals surface area contributed by atoms with Crippen molar-refractivity contribution in [3.63, 3.8) is 0 Å². The largest absolute Gasteiger partial charge is 0.376 e. The molecule has 5 heteroatoms. The van der Waals surface area contributed by atoms with Crippen LogP contribution in [-0.2, 0) is 4.74 Å². The number of fused-ring (bicyclic) bond motifs is 1. The van der Waals surface area contributed by atoms with Gasteiger partial charge in [0.25, 0.3) is 0 Å². The van der Waals surface area contributed by atoms with Gasteiger partial charge in [-0.2, -0.15) is 4.98 Å². The molecule has 2 aliphatic rings. The summed E-state index contributed by atoms with van der Waals surface area (Å²) in [6.07, 6.45) is 5.07. The molecular formula is C17H22N4O. The molecule has 22 heavy (non-hydrogen) atoms. The van der Waals surface area contributed by atoms with Gasteiger partial charge in [-0.1, -0.05) is 12.1 Å². The Kier molecular flexibility index (Phi) is 3.81. The van der Waals surface area contributed by atoms with Gasteiger partial charge in [0.05, 0.1) is 11.6 Å². The van der Waals surface area contributed by atoms with Crippen LogP contribution in [0.3, 0.4) is 0 Å². The molecule has 4 rings (SSSR count). The Bertz CT molecular complexity index is 648. The summed E-state index contributed by atoms with van der Waals surface area (Å²) >= 11 is 0. The fourth-order valence-electron chi connectivity index (χ4n) is 3.27. The van der Waals surface area contributed by atoms with E-state index in [1.165, 1.54) is 12.8 Å². The molecule has 0 amide bonds. The monoisotopic (exact) mass is 298 g/mol. The number of benzene rings is 1. The minimum atomic E-state index is 0.309. The van der Waals surface area contributed by atoms with E-state index in [1.807, 2.05) is 12.1 Å². The van der Waals surface area contributed by atoms with Gasteiger partial charge < -0.3 is 15.0 Å². The lowest BCUT2D eigenvalue weighted by atomic mass is 10.2. The third-order valence-corrected chi connectivity index (χ3v) is 4.50. The van der Waals surface area contributed by atoms with Crippen molar-refractivity contribution in [1.29, 1.82) is 0 Å². The zero-order valence-electron chi connectivity index (χ0n) is 12.8. The lowest BCUT2D eigenvalue weighted by Crippen LogP contribution is -2.23. The van der Waals surface area contributed by atoms with Crippen molar-refractivity contribution in [3.05, 3.63) is 24.3 Å². The third-order valence-electron chi connectivity index (χ3n) is 4.50. The second kappa shape index (κ2) is 6.08. The summed E-state index contributed by atoms with van der Waals surface area (Å²) in [5.74, 6) is 1.79. The van der Waals surface area contributed by atoms with Crippen LogP contribution in [0.15, 0.2) is 24.3 Å². The van der Waals surface area contributed by atoms with Crippen molar-refractivity contribution >= 4 is 22.7 Å². The summed E-state index contributed by atoms with van der Waals surface area (Å²) in [5.41, 5.74) is 1.01. The van der Waals surface area contributed by atoms with Crippen LogP contribution >= 0.6 is 0 Å². The summed E-state index contributed by atoms with van der Waals surface area (Å²) < 4.78 is 5.70. The summed E-state index contributed by atoms with van der Waals surface area (Å²) in [6.45, 7) is 3.82. The second-order valence-electron chi connectivity index (χ2n) is 6.10. The van der Waals surface area contributed by atoms with Crippen LogP contribution in [0.4, 0.5) is 11.8 Å². The lowest BCUT2D eigenvalue weighted by Gasteiger charge is -2.18. The van der Waals surface area contributed by atoms with Gasteiger partial charge >= 0.3 is 0 Å². The first-order valence-electron chi connectivity index (χ1n) is 8.27. The van der Waals surface area contributed by atoms with Crippen molar-refractivity contribution in [2.75, 3.05) is 36.5 Å². The Labute approximate surface area is 130 Å². The molecule has 1 atom stereocenters. The standard InChI is InChI=1S/C17H22N4O/c1-2-8-15-14(7-1)16(18-12-13-6-5-11-22-13)20-17(19-15)21-9-3-4-10-21/h1-2,7-8,13H,3-6,9-12H2,(H,18,19,20)/t13-/m1/s1. The number of nitrogens with zero attached hydrogens (tertiary/aromatic N) is 3. The summed E-state index contributed by atoms with van der Waals surface area (Å²) in [6, 6.07) is 8.22. The molecule has 0 unspecified atom stereocenters. The van der Waals surface area contributed by atoms with Crippen LogP contribution in [-0.4, -0.2) is 42.3 Å². The predicted octanol–water partition coefficient (Wildman–Crippen LogP) is 2.82. The van der Waals surface area contributed by atoms with E-state index in [0.29, 0.717) is 6.10 Å². The summed E-state index contributed by atoms with van der Waals surface area (Å²) in [5, 5.41) is 4.58. The molecule has 2 fully saturated rings. The van der Waals surface area contributed by atoms with Gasteiger partial charge in [-0.15, -0.1) is 0 Å². The van der Waals surface area contributed by atoms with Crippen LogP contribution in [0.2, 0.25) is 0 Å². The Morgan fingerprint density at radius 3 is 2.82 bits per heavy atom. The third kappa shape index (κ3) is 2.73. The topological polar surface area (TPSA) is 50.3 Å². The van der Waals surface area contributed by atoms with Crippen molar-refractivity contribution in [2.24, 2.45) is 0 Å². The fourth-order valence-corrected chi connectivity index (χ4v) is 3.27. The smallest absolute Gasteiger partial charge is 0.227 e. The molecule has 116 valence electrons. The number of hydrogen-bond acceptors (Lipinski definition) is 5. The molecule has 0 bridgehead atoms. The molecule has 0 saturated carbocycles. The number of anilines is 2. The van der Waals surface area contributed by atoms with E-state index < -0.39 is 0 Å². The van der Waals surface area contributed by atoms with E-state index in [9.17, 15) is 0 Å². The van der Waals surface area contributed by atoms with Crippen LogP contribution in [0, 0.1) is 0 Å². The maximum Gasteiger partial charge on any atom is 0.227 e. The predicted molar refractivity (Wildman–Crippen MR) is 88.4 cm³/mol. The first kappa shape index (κ1) is 13.8. The fraction of sp³-hybridized carbons (Fsp3) is 0.529. The number of rotatable bonds is 4. The number of hydrogen-bond donors (Lipinski definition) is 1. The SMILES string of the molecule is c1ccc2c(NC[C@H]3CCCO3)nc(N3CCCC3)nc2c1. The van der Waals surface area contributed by atoms with E-state index >= 15 is 0 Å². The molecule has 2 saturated heterocycles. The summed E-state index contributed by atoms with van der Waals surface area (Å²) in [4.78, 5) is 11.8. The van der Waals surface area contributed by atoms with Gasteiger partial charge in [0, 0.05) is 31.6 Å². The average Bonchev–Trinajstić information content (AvgIpc) is 3.25. The van der Waals surface area contributed by atoms with E-state index in [-0.39, 0.29) is 0 Å². The molecule has 0 aliphatic carbocycles. The molecule has 0 radical (unpaired) electrons. The highest BCUT2D eigenvalue weighted by atomic mass is 16.5. The van der Waals surface area contributed by atoms with E-state index in [4.69, 9.17) is 14.7 Å². The number of ether oxygens (including phenoxy) is 1. The highest BCUT2D eigenvalue weighted by Crippen LogP contribution is 2.25. The molecule has 2 aliphatic heterocycles. The van der Waals surface area contributed by atoms with Crippen molar-refractivity contribution in [3.8, 4) is 0 Å². The van der Waals surface area contributed by atoms with Crippen LogP contribution in [0.25, 0.3) is 10.9 Å². The van der Waals surface area contributed by atoms with Crippen molar-refractivity contribution in [1.82, 2.24) is 9.97 Å². The molecule has 1 aromatic heterocycles. The van der Waals surface area contributed by atoms with Crippen LogP contribution < -0.4 is 10.2 Å². The van der Waals surface area contributed by atoms with Crippen LogP contribution in [0.1, 0.15) is 25.7 Å². The van der Waals surface area contributed by atoms with Crippen molar-refractivity contribution < 1.29 is 4.74 Å². The van der Waals surface area contributed by atoms with Gasteiger partial charge in [-0.25, -0.2) is 4.98 Å². The zero-order chi connectivity index (χ0) is 14.8. The highest BCUT2D eigenvalue weighted by molar-refractivity contribution is 5.90. The van der Waals surface area contributed by atoms with E-state index in [2.05, 4.69) is 22.3 Å². The Balaban J connectivity index is 1.64. The highest BCUT2D eigenvalue weighted by Gasteiger charge is 2.19. The number of para-hydroxylation sites is 1. The quantitative estimate of drug-likeness (QED) is 0.940. The molecule has 3 heterocycles. The van der Waals surface area contributed by atoms with Gasteiger partial charge in [-0.3, -0.25) is 0 Å². The Morgan fingerprint density at radius 1 is 1.14 bits per heavy atom. The number of aromatic nitrogens is 2. The van der Waals surface area contributed by atoms with Crippen LogP contribution in [0.5, 0.6) is 0 Å². The Hall–Kier alpha value is -1.88. The van der Waals surface area contributed by atoms with Gasteiger partial charge in [0.1, 0.15) is 5.82 Å². The average molecular weight is 298 g/mol. The molecule has 1 N–H and O–H groups in total. The zero-order valence-corrected chi connectivity index (χ0v) is 12.8. The molecule has 2 aromatic rings. The van der Waals surface area contributed by atoms with Gasteiger partial charge in [0.2, 0.25) is 5.95 Å². The maximum atomic E-state index is 5.70. The number of nitrogens with one attached hydrogen (secondary N) is 1. The summed E-state index contributed by atoms with van der Waals surface area (Å²) in [7, 11) is 0. The molecular weight excluding hydrogens is 276 g/mol. The molecule has 1 aromatic carbocycles. The van der Waals surface area contributed by atoms with E-state index in [0.717, 1.165) is 61.8 Å². The first-order chi connectivity index (χ1) is 10.9. The normalized spacial score (nSPS) is 21.6. The Morgan fingerprint density at radius 2 is 2.00 bits per heavy atom. The minimum absolute atomic E-state index is 0.309. The maximum absolute atomic E-state index is 5.70. The minimum Gasteiger partial charge on any atom is -0.376 e. The van der Waals surface area contributed by atoms with E-state index in [1.54, 1.807) is 0 Å². The second-order valence-corrected chi connectivity index (χ2v) is 6.10. The van der Waals surface area contributed by atoms with Gasteiger partial charge in [-0.05, 0) is 37.8 Å². The molecule has 0 spiro atoms. The molecule has 5 nitrogen and oxygen atoms in total.